The molecule has 1 aliphatic heterocycles. The van der Waals surface area contributed by atoms with Crippen molar-refractivity contribution in [2.75, 3.05) is 20.3 Å². The van der Waals surface area contributed by atoms with Crippen LogP contribution in [0.5, 0.6) is 5.75 Å². The standard InChI is InChI=1S/C11H12BrClO2/c1-7-3-10(14-2)8(4-9(7)13)11(12)5-15-6-11/h3-4H,5-6H2,1-2H3. The molecule has 1 aromatic carbocycles. The van der Waals surface area contributed by atoms with Crippen LogP contribution in [-0.4, -0.2) is 20.3 Å². The Morgan fingerprint density at radius 3 is 2.60 bits per heavy atom. The van der Waals surface area contributed by atoms with Crippen molar-refractivity contribution in [3.05, 3.63) is 28.3 Å². The first-order valence-electron chi connectivity index (χ1n) is 4.68. The minimum absolute atomic E-state index is 0.129. The fourth-order valence-electron chi connectivity index (χ4n) is 1.61. The summed E-state index contributed by atoms with van der Waals surface area (Å²) in [5, 5.41) is 0.761. The molecule has 82 valence electrons. The molecule has 1 fully saturated rings. The minimum atomic E-state index is -0.129. The van der Waals surface area contributed by atoms with Crippen molar-refractivity contribution in [2.24, 2.45) is 0 Å². The third-order valence-electron chi connectivity index (χ3n) is 2.63. The first-order chi connectivity index (χ1) is 7.07. The topological polar surface area (TPSA) is 18.5 Å². The second kappa shape index (κ2) is 3.96. The lowest BCUT2D eigenvalue weighted by Gasteiger charge is -2.37. The lowest BCUT2D eigenvalue weighted by atomic mass is 9.95. The lowest BCUT2D eigenvalue weighted by molar-refractivity contribution is -0.00789. The fraction of sp³-hybridized carbons (Fsp3) is 0.455. The van der Waals surface area contributed by atoms with Crippen LogP contribution in [0.2, 0.25) is 5.02 Å². The molecule has 0 atom stereocenters. The summed E-state index contributed by atoms with van der Waals surface area (Å²) in [4.78, 5) is 0. The predicted octanol–water partition coefficient (Wildman–Crippen LogP) is 3.28. The molecule has 0 spiro atoms. The van der Waals surface area contributed by atoms with Gasteiger partial charge in [-0.05, 0) is 24.6 Å². The highest BCUT2D eigenvalue weighted by molar-refractivity contribution is 9.09. The summed E-state index contributed by atoms with van der Waals surface area (Å²) in [6, 6.07) is 3.91. The Kier molecular flexibility index (Phi) is 2.97. The molecule has 0 aliphatic carbocycles. The third-order valence-corrected chi connectivity index (χ3v) is 3.92. The summed E-state index contributed by atoms with van der Waals surface area (Å²) in [6.07, 6.45) is 0. The molecule has 1 aromatic rings. The maximum atomic E-state index is 6.11. The molecule has 0 amide bonds. The molecular weight excluding hydrogens is 279 g/mol. The van der Waals surface area contributed by atoms with Crippen LogP contribution < -0.4 is 4.74 Å². The smallest absolute Gasteiger partial charge is 0.124 e. The van der Waals surface area contributed by atoms with E-state index >= 15 is 0 Å². The third kappa shape index (κ3) is 1.88. The Morgan fingerprint density at radius 2 is 2.13 bits per heavy atom. The Labute approximate surface area is 103 Å². The number of aryl methyl sites for hydroxylation is 1. The van der Waals surface area contributed by atoms with E-state index in [0.717, 1.165) is 21.9 Å². The van der Waals surface area contributed by atoms with E-state index in [0.29, 0.717) is 13.2 Å². The molecule has 2 nitrogen and oxygen atoms in total. The van der Waals surface area contributed by atoms with E-state index in [1.54, 1.807) is 7.11 Å². The first kappa shape index (κ1) is 11.2. The van der Waals surface area contributed by atoms with E-state index in [-0.39, 0.29) is 4.32 Å². The Bertz CT molecular complexity index is 388. The van der Waals surface area contributed by atoms with Gasteiger partial charge in [-0.25, -0.2) is 0 Å². The number of alkyl halides is 1. The van der Waals surface area contributed by atoms with Crippen molar-refractivity contribution in [3.63, 3.8) is 0 Å². The fourth-order valence-corrected chi connectivity index (χ4v) is 2.41. The zero-order valence-corrected chi connectivity index (χ0v) is 11.0. The van der Waals surface area contributed by atoms with Gasteiger partial charge in [0.05, 0.1) is 20.3 Å². The van der Waals surface area contributed by atoms with Gasteiger partial charge in [0.1, 0.15) is 10.1 Å². The van der Waals surface area contributed by atoms with Gasteiger partial charge in [0.2, 0.25) is 0 Å². The summed E-state index contributed by atoms with van der Waals surface area (Å²) in [5.41, 5.74) is 2.08. The van der Waals surface area contributed by atoms with Crippen molar-refractivity contribution in [1.82, 2.24) is 0 Å². The summed E-state index contributed by atoms with van der Waals surface area (Å²) in [5.74, 6) is 0.858. The molecule has 0 N–H and O–H groups in total. The minimum Gasteiger partial charge on any atom is -0.496 e. The van der Waals surface area contributed by atoms with E-state index in [2.05, 4.69) is 15.9 Å². The Balaban J connectivity index is 2.49. The largest absolute Gasteiger partial charge is 0.496 e. The molecule has 0 saturated carbocycles. The first-order valence-corrected chi connectivity index (χ1v) is 5.85. The zero-order chi connectivity index (χ0) is 11.1. The summed E-state index contributed by atoms with van der Waals surface area (Å²) < 4.78 is 10.4. The van der Waals surface area contributed by atoms with Crippen molar-refractivity contribution < 1.29 is 9.47 Å². The average Bonchev–Trinajstić information content (AvgIpc) is 2.18. The number of hydrogen-bond donors (Lipinski definition) is 0. The number of benzene rings is 1. The number of hydrogen-bond acceptors (Lipinski definition) is 2. The van der Waals surface area contributed by atoms with Crippen molar-refractivity contribution in [2.45, 2.75) is 11.2 Å². The number of halogens is 2. The second-order valence-electron chi connectivity index (χ2n) is 3.76. The van der Waals surface area contributed by atoms with Crippen molar-refractivity contribution in [1.29, 1.82) is 0 Å². The lowest BCUT2D eigenvalue weighted by Crippen LogP contribution is -2.41. The molecule has 4 heteroatoms. The SMILES string of the molecule is COc1cc(C)c(Cl)cc1C1(Br)COC1. The Hall–Kier alpha value is -0.250. The molecule has 0 radical (unpaired) electrons. The summed E-state index contributed by atoms with van der Waals surface area (Å²) in [6.45, 7) is 3.28. The highest BCUT2D eigenvalue weighted by atomic mass is 79.9. The predicted molar refractivity (Wildman–Crippen MR) is 64.2 cm³/mol. The average molecular weight is 292 g/mol. The van der Waals surface area contributed by atoms with Crippen LogP contribution in [0.4, 0.5) is 0 Å². The van der Waals surface area contributed by atoms with Crippen LogP contribution in [0.15, 0.2) is 12.1 Å². The molecule has 1 aliphatic rings. The molecule has 1 saturated heterocycles. The van der Waals surface area contributed by atoms with Gasteiger partial charge < -0.3 is 9.47 Å². The van der Waals surface area contributed by atoms with E-state index in [1.165, 1.54) is 0 Å². The monoisotopic (exact) mass is 290 g/mol. The highest BCUT2D eigenvalue weighted by Crippen LogP contribution is 2.44. The van der Waals surface area contributed by atoms with Gasteiger partial charge in [0, 0.05) is 10.6 Å². The van der Waals surface area contributed by atoms with Crippen LogP contribution >= 0.6 is 27.5 Å². The van der Waals surface area contributed by atoms with E-state index < -0.39 is 0 Å². The second-order valence-corrected chi connectivity index (χ2v) is 5.68. The van der Waals surface area contributed by atoms with Gasteiger partial charge in [0.25, 0.3) is 0 Å². The summed E-state index contributed by atoms with van der Waals surface area (Å²) in [7, 11) is 1.67. The number of methoxy groups -OCH3 is 1. The highest BCUT2D eigenvalue weighted by Gasteiger charge is 2.40. The van der Waals surface area contributed by atoms with E-state index in [1.807, 2.05) is 19.1 Å². The molecule has 15 heavy (non-hydrogen) atoms. The van der Waals surface area contributed by atoms with E-state index in [9.17, 15) is 0 Å². The van der Waals surface area contributed by atoms with Crippen LogP contribution in [0.25, 0.3) is 0 Å². The van der Waals surface area contributed by atoms with E-state index in [4.69, 9.17) is 21.1 Å². The van der Waals surface area contributed by atoms with Crippen LogP contribution in [0.1, 0.15) is 11.1 Å². The molecule has 2 rings (SSSR count). The van der Waals surface area contributed by atoms with Crippen molar-refractivity contribution in [3.8, 4) is 5.75 Å². The maximum Gasteiger partial charge on any atom is 0.124 e. The molecule has 0 aromatic heterocycles. The number of ether oxygens (including phenoxy) is 2. The Morgan fingerprint density at radius 1 is 1.47 bits per heavy atom. The van der Waals surface area contributed by atoms with Gasteiger partial charge in [-0.2, -0.15) is 0 Å². The molecule has 0 bridgehead atoms. The summed E-state index contributed by atoms with van der Waals surface area (Å²) >= 11 is 9.78. The quantitative estimate of drug-likeness (QED) is 0.779. The van der Waals surface area contributed by atoms with Crippen LogP contribution in [0, 0.1) is 6.92 Å². The number of rotatable bonds is 2. The van der Waals surface area contributed by atoms with Gasteiger partial charge in [-0.15, -0.1) is 0 Å². The zero-order valence-electron chi connectivity index (χ0n) is 8.64. The van der Waals surface area contributed by atoms with Gasteiger partial charge >= 0.3 is 0 Å². The molecule has 1 heterocycles. The van der Waals surface area contributed by atoms with Gasteiger partial charge in [-0.1, -0.05) is 27.5 Å². The van der Waals surface area contributed by atoms with Gasteiger partial charge in [0.15, 0.2) is 0 Å². The van der Waals surface area contributed by atoms with Crippen LogP contribution in [-0.2, 0) is 9.06 Å². The van der Waals surface area contributed by atoms with Crippen molar-refractivity contribution >= 4 is 27.5 Å². The molecule has 0 unspecified atom stereocenters. The normalized spacial score (nSPS) is 18.4. The molecular formula is C11H12BrClO2. The van der Waals surface area contributed by atoms with Crippen LogP contribution in [0.3, 0.4) is 0 Å². The van der Waals surface area contributed by atoms with Gasteiger partial charge in [-0.3, -0.25) is 0 Å². The maximum absolute atomic E-state index is 6.11.